The summed E-state index contributed by atoms with van der Waals surface area (Å²) in [5.74, 6) is 1.79. The van der Waals surface area contributed by atoms with E-state index < -0.39 is 0 Å². The number of aliphatic imine (C=N–C) groups is 1. The number of aryl methyl sites for hydroxylation is 2. The second-order valence-corrected chi connectivity index (χ2v) is 6.63. The van der Waals surface area contributed by atoms with Crippen LogP contribution in [0.25, 0.3) is 0 Å². The first-order chi connectivity index (χ1) is 11.6. The van der Waals surface area contributed by atoms with Gasteiger partial charge in [0.25, 0.3) is 0 Å². The maximum absolute atomic E-state index is 5.80. The van der Waals surface area contributed by atoms with Crippen molar-refractivity contribution in [3.8, 4) is 5.75 Å². The second kappa shape index (κ2) is 9.27. The van der Waals surface area contributed by atoms with Crippen molar-refractivity contribution in [2.24, 2.45) is 4.99 Å². The molecule has 130 valence electrons. The largest absolute Gasteiger partial charge is 0.491 e. The normalized spacial score (nSPS) is 11.4. The predicted octanol–water partition coefficient (Wildman–Crippen LogP) is 3.24. The molecule has 1 N–H and O–H groups in total. The Labute approximate surface area is 148 Å². The molecule has 0 unspecified atom stereocenters. The number of thiazole rings is 1. The van der Waals surface area contributed by atoms with Crippen LogP contribution in [0.1, 0.15) is 23.2 Å². The molecule has 0 saturated carbocycles. The number of guanidine groups is 1. The van der Waals surface area contributed by atoms with Crippen LogP contribution >= 0.6 is 11.3 Å². The van der Waals surface area contributed by atoms with Crippen molar-refractivity contribution in [2.75, 3.05) is 26.7 Å². The summed E-state index contributed by atoms with van der Waals surface area (Å²) in [6.07, 6.45) is 0. The molecule has 0 fully saturated rings. The summed E-state index contributed by atoms with van der Waals surface area (Å²) < 4.78 is 5.80. The maximum Gasteiger partial charge on any atom is 0.194 e. The van der Waals surface area contributed by atoms with Crippen LogP contribution in [0.3, 0.4) is 0 Å². The number of benzene rings is 1. The van der Waals surface area contributed by atoms with Crippen LogP contribution in [-0.2, 0) is 6.54 Å². The summed E-state index contributed by atoms with van der Waals surface area (Å²) in [4.78, 5) is 11.2. The van der Waals surface area contributed by atoms with E-state index in [1.54, 1.807) is 11.3 Å². The molecule has 0 saturated heterocycles. The number of ether oxygens (including phenoxy) is 1. The first kappa shape index (κ1) is 18.3. The molecule has 0 spiro atoms. The minimum atomic E-state index is 0.559. The molecule has 0 radical (unpaired) electrons. The summed E-state index contributed by atoms with van der Waals surface area (Å²) in [5, 5.41) is 6.50. The molecule has 2 rings (SSSR count). The van der Waals surface area contributed by atoms with Crippen LogP contribution in [0.4, 0.5) is 0 Å². The zero-order valence-corrected chi connectivity index (χ0v) is 15.7. The number of para-hydroxylation sites is 1. The van der Waals surface area contributed by atoms with Crippen LogP contribution < -0.4 is 10.1 Å². The number of hydrogen-bond acceptors (Lipinski definition) is 4. The monoisotopic (exact) mass is 346 g/mol. The van der Waals surface area contributed by atoms with E-state index >= 15 is 0 Å². The van der Waals surface area contributed by atoms with Crippen molar-refractivity contribution in [3.63, 3.8) is 0 Å². The smallest absolute Gasteiger partial charge is 0.194 e. The minimum Gasteiger partial charge on any atom is -0.491 e. The van der Waals surface area contributed by atoms with Gasteiger partial charge >= 0.3 is 0 Å². The molecule has 2 aromatic rings. The molecule has 1 aromatic carbocycles. The first-order valence-corrected chi connectivity index (χ1v) is 9.07. The van der Waals surface area contributed by atoms with Gasteiger partial charge in [-0.3, -0.25) is 0 Å². The number of aromatic nitrogens is 1. The van der Waals surface area contributed by atoms with E-state index in [2.05, 4.69) is 32.5 Å². The van der Waals surface area contributed by atoms with Crippen molar-refractivity contribution in [3.05, 3.63) is 45.9 Å². The SMILES string of the molecule is CCNC(=NCCOc1ccccc1C)N(C)Cc1csc(C)n1. The van der Waals surface area contributed by atoms with Crippen LogP contribution in [0.2, 0.25) is 0 Å². The lowest BCUT2D eigenvalue weighted by Gasteiger charge is -2.21. The fraction of sp³-hybridized carbons (Fsp3) is 0.444. The Morgan fingerprint density at radius 2 is 2.12 bits per heavy atom. The van der Waals surface area contributed by atoms with Gasteiger partial charge in [-0.05, 0) is 32.4 Å². The molecule has 6 heteroatoms. The highest BCUT2D eigenvalue weighted by atomic mass is 32.1. The average Bonchev–Trinajstić information content (AvgIpc) is 2.96. The van der Waals surface area contributed by atoms with Gasteiger partial charge in [-0.1, -0.05) is 18.2 Å². The summed E-state index contributed by atoms with van der Waals surface area (Å²) in [6, 6.07) is 8.03. The Morgan fingerprint density at radius 3 is 2.79 bits per heavy atom. The van der Waals surface area contributed by atoms with Gasteiger partial charge in [0.2, 0.25) is 0 Å². The molecular formula is C18H26N4OS. The van der Waals surface area contributed by atoms with E-state index in [0.29, 0.717) is 13.2 Å². The third-order valence-corrected chi connectivity index (χ3v) is 4.29. The summed E-state index contributed by atoms with van der Waals surface area (Å²) >= 11 is 1.67. The van der Waals surface area contributed by atoms with E-state index in [0.717, 1.165) is 41.1 Å². The van der Waals surface area contributed by atoms with Crippen LogP contribution in [0.15, 0.2) is 34.6 Å². The van der Waals surface area contributed by atoms with Gasteiger partial charge in [0.05, 0.1) is 23.8 Å². The zero-order chi connectivity index (χ0) is 17.4. The Balaban J connectivity index is 1.88. The quantitative estimate of drug-likeness (QED) is 0.475. The van der Waals surface area contributed by atoms with Gasteiger partial charge in [0, 0.05) is 19.0 Å². The van der Waals surface area contributed by atoms with Crippen LogP contribution in [0, 0.1) is 13.8 Å². The highest BCUT2D eigenvalue weighted by molar-refractivity contribution is 7.09. The van der Waals surface area contributed by atoms with Crippen molar-refractivity contribution in [2.45, 2.75) is 27.3 Å². The van der Waals surface area contributed by atoms with Crippen molar-refractivity contribution >= 4 is 17.3 Å². The molecule has 1 heterocycles. The van der Waals surface area contributed by atoms with Gasteiger partial charge in [-0.25, -0.2) is 9.98 Å². The summed E-state index contributed by atoms with van der Waals surface area (Å²) in [5.41, 5.74) is 2.21. The molecule has 5 nitrogen and oxygen atoms in total. The fourth-order valence-electron chi connectivity index (χ4n) is 2.29. The Hall–Kier alpha value is -2.08. The number of nitrogens with one attached hydrogen (secondary N) is 1. The lowest BCUT2D eigenvalue weighted by atomic mass is 10.2. The van der Waals surface area contributed by atoms with Crippen molar-refractivity contribution in [1.82, 2.24) is 15.2 Å². The van der Waals surface area contributed by atoms with Gasteiger partial charge in [0.1, 0.15) is 12.4 Å². The molecular weight excluding hydrogens is 320 g/mol. The highest BCUT2D eigenvalue weighted by Gasteiger charge is 2.08. The van der Waals surface area contributed by atoms with Gasteiger partial charge < -0.3 is 15.0 Å². The average molecular weight is 347 g/mol. The lowest BCUT2D eigenvalue weighted by molar-refractivity contribution is 0.325. The van der Waals surface area contributed by atoms with E-state index in [-0.39, 0.29) is 0 Å². The minimum absolute atomic E-state index is 0.559. The second-order valence-electron chi connectivity index (χ2n) is 5.56. The molecule has 0 aliphatic rings. The Kier molecular flexibility index (Phi) is 7.06. The van der Waals surface area contributed by atoms with E-state index in [1.807, 2.05) is 45.2 Å². The van der Waals surface area contributed by atoms with Crippen molar-refractivity contribution in [1.29, 1.82) is 0 Å². The van der Waals surface area contributed by atoms with Gasteiger partial charge in [-0.2, -0.15) is 0 Å². The Morgan fingerprint density at radius 1 is 1.33 bits per heavy atom. The summed E-state index contributed by atoms with van der Waals surface area (Å²) in [6.45, 7) is 8.88. The molecule has 0 bridgehead atoms. The molecule has 0 aliphatic carbocycles. The van der Waals surface area contributed by atoms with Crippen molar-refractivity contribution < 1.29 is 4.74 Å². The zero-order valence-electron chi connectivity index (χ0n) is 14.9. The molecule has 0 aliphatic heterocycles. The lowest BCUT2D eigenvalue weighted by Crippen LogP contribution is -2.38. The molecule has 0 amide bonds. The predicted molar refractivity (Wildman–Crippen MR) is 101 cm³/mol. The van der Waals surface area contributed by atoms with E-state index in [1.165, 1.54) is 0 Å². The van der Waals surface area contributed by atoms with Crippen LogP contribution in [0.5, 0.6) is 5.75 Å². The first-order valence-electron chi connectivity index (χ1n) is 8.19. The molecule has 1 aromatic heterocycles. The van der Waals surface area contributed by atoms with Crippen LogP contribution in [-0.4, -0.2) is 42.6 Å². The number of rotatable bonds is 7. The number of nitrogens with zero attached hydrogens (tertiary/aromatic N) is 3. The van der Waals surface area contributed by atoms with E-state index in [9.17, 15) is 0 Å². The van der Waals surface area contributed by atoms with Gasteiger partial charge in [-0.15, -0.1) is 11.3 Å². The standard InChI is InChI=1S/C18H26N4OS/c1-5-19-18(22(4)12-16-13-24-15(3)21-16)20-10-11-23-17-9-7-6-8-14(17)2/h6-9,13H,5,10-12H2,1-4H3,(H,19,20). The summed E-state index contributed by atoms with van der Waals surface area (Å²) in [7, 11) is 2.03. The Bertz CT molecular complexity index is 669. The van der Waals surface area contributed by atoms with Gasteiger partial charge in [0.15, 0.2) is 5.96 Å². The number of hydrogen-bond donors (Lipinski definition) is 1. The third kappa shape index (κ3) is 5.53. The third-order valence-electron chi connectivity index (χ3n) is 3.47. The highest BCUT2D eigenvalue weighted by Crippen LogP contribution is 2.15. The maximum atomic E-state index is 5.80. The fourth-order valence-corrected chi connectivity index (χ4v) is 2.90. The molecule has 24 heavy (non-hydrogen) atoms. The van der Waals surface area contributed by atoms with E-state index in [4.69, 9.17) is 4.74 Å². The topological polar surface area (TPSA) is 49.8 Å². The molecule has 0 atom stereocenters.